The molecule has 3 rings (SSSR count). The molecule has 0 radical (unpaired) electrons. The van der Waals surface area contributed by atoms with E-state index in [1.807, 2.05) is 44.3 Å². The topological polar surface area (TPSA) is 49.3 Å². The number of carboxylic acid groups (broad SMARTS) is 1. The van der Waals surface area contributed by atoms with E-state index in [0.29, 0.717) is 11.5 Å². The molecule has 1 unspecified atom stereocenters. The largest absolute Gasteiger partial charge is 0.478 e. The predicted molar refractivity (Wildman–Crippen MR) is 102 cm³/mol. The van der Waals surface area contributed by atoms with Gasteiger partial charge >= 0.3 is 5.97 Å². The number of nitrogens with one attached hydrogen (secondary N) is 1. The maximum absolute atomic E-state index is 11.7. The Morgan fingerprint density at radius 1 is 1.08 bits per heavy atom. The summed E-state index contributed by atoms with van der Waals surface area (Å²) in [7, 11) is 2.01. The number of carboxylic acids is 1. The maximum atomic E-state index is 11.7. The van der Waals surface area contributed by atoms with E-state index in [4.69, 9.17) is 0 Å². The molecule has 3 heteroatoms. The normalized spacial score (nSPS) is 16.6. The molecule has 25 heavy (non-hydrogen) atoms. The van der Waals surface area contributed by atoms with E-state index < -0.39 is 5.97 Å². The molecule has 132 valence electrons. The first-order valence-corrected chi connectivity index (χ1v) is 9.22. The van der Waals surface area contributed by atoms with Crippen LogP contribution in [-0.4, -0.2) is 18.1 Å². The van der Waals surface area contributed by atoms with Crippen LogP contribution in [0.5, 0.6) is 0 Å². The average Bonchev–Trinajstić information content (AvgIpc) is 2.63. The monoisotopic (exact) mass is 337 g/mol. The third-order valence-corrected chi connectivity index (χ3v) is 5.50. The second kappa shape index (κ2) is 7.83. The summed E-state index contributed by atoms with van der Waals surface area (Å²) in [6.45, 7) is 2.03. The van der Waals surface area contributed by atoms with Crippen molar-refractivity contribution in [1.29, 1.82) is 0 Å². The lowest BCUT2D eigenvalue weighted by molar-refractivity contribution is 0.0697. The summed E-state index contributed by atoms with van der Waals surface area (Å²) < 4.78 is 0. The van der Waals surface area contributed by atoms with E-state index in [1.54, 1.807) is 6.07 Å². The predicted octanol–water partition coefficient (Wildman–Crippen LogP) is 5.20. The highest BCUT2D eigenvalue weighted by molar-refractivity contribution is 5.96. The van der Waals surface area contributed by atoms with Crippen LogP contribution >= 0.6 is 0 Å². The van der Waals surface area contributed by atoms with Crippen molar-refractivity contribution >= 4 is 5.97 Å². The average molecular weight is 337 g/mol. The van der Waals surface area contributed by atoms with Crippen LogP contribution in [0.15, 0.2) is 42.5 Å². The third kappa shape index (κ3) is 3.77. The first kappa shape index (κ1) is 17.7. The molecule has 1 fully saturated rings. The molecule has 0 bridgehead atoms. The summed E-state index contributed by atoms with van der Waals surface area (Å²) in [5, 5.41) is 13.1. The van der Waals surface area contributed by atoms with Crippen molar-refractivity contribution < 1.29 is 9.90 Å². The van der Waals surface area contributed by atoms with E-state index in [-0.39, 0.29) is 6.04 Å². The summed E-state index contributed by atoms with van der Waals surface area (Å²) in [6.07, 6.45) is 6.40. The summed E-state index contributed by atoms with van der Waals surface area (Å²) >= 11 is 0. The van der Waals surface area contributed by atoms with Crippen molar-refractivity contribution in [2.45, 2.75) is 45.1 Å². The minimum absolute atomic E-state index is 0.283. The van der Waals surface area contributed by atoms with Gasteiger partial charge in [0.15, 0.2) is 0 Å². The van der Waals surface area contributed by atoms with Crippen LogP contribution in [-0.2, 0) is 0 Å². The number of aromatic carboxylic acids is 1. The molecule has 3 nitrogen and oxygen atoms in total. The van der Waals surface area contributed by atoms with Crippen molar-refractivity contribution in [2.24, 2.45) is 5.92 Å². The maximum Gasteiger partial charge on any atom is 0.336 e. The van der Waals surface area contributed by atoms with E-state index in [0.717, 1.165) is 16.7 Å². The lowest BCUT2D eigenvalue weighted by Gasteiger charge is -2.31. The Kier molecular flexibility index (Phi) is 5.54. The molecule has 2 N–H and O–H groups in total. The zero-order chi connectivity index (χ0) is 17.8. The summed E-state index contributed by atoms with van der Waals surface area (Å²) in [5.41, 5.74) is 4.48. The standard InChI is InChI=1S/C22H27NO2/c1-15-8-6-7-11-18(15)20-14-17(12-13-19(20)22(24)25)21(23-2)16-9-4-3-5-10-16/h6-8,11-14,16,21,23H,3-5,9-10H2,1-2H3,(H,24,25). The van der Waals surface area contributed by atoms with E-state index in [1.165, 1.54) is 37.7 Å². The van der Waals surface area contributed by atoms with Crippen LogP contribution < -0.4 is 5.32 Å². The second-order valence-corrected chi connectivity index (χ2v) is 7.09. The number of aryl methyl sites for hydroxylation is 1. The zero-order valence-electron chi connectivity index (χ0n) is 15.1. The molecule has 0 heterocycles. The summed E-state index contributed by atoms with van der Waals surface area (Å²) in [4.78, 5) is 11.7. The van der Waals surface area contributed by atoms with Crippen LogP contribution in [0.25, 0.3) is 11.1 Å². The Hall–Kier alpha value is -2.13. The van der Waals surface area contributed by atoms with Gasteiger partial charge in [-0.1, -0.05) is 49.6 Å². The van der Waals surface area contributed by atoms with Gasteiger partial charge in [-0.15, -0.1) is 0 Å². The van der Waals surface area contributed by atoms with Gasteiger partial charge in [0.2, 0.25) is 0 Å². The Bertz CT molecular complexity index is 747. The molecule has 0 aliphatic heterocycles. The first-order chi connectivity index (χ1) is 12.1. The van der Waals surface area contributed by atoms with Gasteiger partial charge in [0.1, 0.15) is 0 Å². The fourth-order valence-corrected chi connectivity index (χ4v) is 4.18. The van der Waals surface area contributed by atoms with Gasteiger partial charge in [-0.25, -0.2) is 4.79 Å². The van der Waals surface area contributed by atoms with Gasteiger partial charge in [-0.05, 0) is 67.1 Å². The Balaban J connectivity index is 2.06. The van der Waals surface area contributed by atoms with Gasteiger partial charge in [0.05, 0.1) is 5.56 Å². The number of hydrogen-bond donors (Lipinski definition) is 2. The number of carbonyl (C=O) groups is 1. The van der Waals surface area contributed by atoms with E-state index >= 15 is 0 Å². The SMILES string of the molecule is CNC(c1ccc(C(=O)O)c(-c2ccccc2C)c1)C1CCCCC1. The van der Waals surface area contributed by atoms with Crippen molar-refractivity contribution in [3.05, 3.63) is 59.2 Å². The molecule has 1 saturated carbocycles. The van der Waals surface area contributed by atoms with Crippen LogP contribution in [0.4, 0.5) is 0 Å². The number of benzene rings is 2. The number of hydrogen-bond acceptors (Lipinski definition) is 2. The number of rotatable bonds is 5. The first-order valence-electron chi connectivity index (χ1n) is 9.22. The highest BCUT2D eigenvalue weighted by Crippen LogP contribution is 2.37. The zero-order valence-corrected chi connectivity index (χ0v) is 15.1. The molecular formula is C22H27NO2. The fraction of sp³-hybridized carbons (Fsp3) is 0.409. The van der Waals surface area contributed by atoms with Gasteiger partial charge in [0.25, 0.3) is 0 Å². The van der Waals surface area contributed by atoms with Crippen molar-refractivity contribution in [1.82, 2.24) is 5.32 Å². The van der Waals surface area contributed by atoms with Gasteiger partial charge < -0.3 is 10.4 Å². The lowest BCUT2D eigenvalue weighted by atomic mass is 9.80. The van der Waals surface area contributed by atoms with Crippen LogP contribution in [0.3, 0.4) is 0 Å². The molecule has 0 saturated heterocycles. The van der Waals surface area contributed by atoms with Crippen LogP contribution in [0.1, 0.15) is 59.6 Å². The van der Waals surface area contributed by atoms with Gasteiger partial charge in [-0.3, -0.25) is 0 Å². The van der Waals surface area contributed by atoms with E-state index in [2.05, 4.69) is 11.4 Å². The fourth-order valence-electron chi connectivity index (χ4n) is 4.18. The lowest BCUT2D eigenvalue weighted by Crippen LogP contribution is -2.27. The molecular weight excluding hydrogens is 310 g/mol. The highest BCUT2D eigenvalue weighted by atomic mass is 16.4. The molecule has 1 atom stereocenters. The van der Waals surface area contributed by atoms with Crippen molar-refractivity contribution in [2.75, 3.05) is 7.05 Å². The minimum atomic E-state index is -0.872. The third-order valence-electron chi connectivity index (χ3n) is 5.50. The van der Waals surface area contributed by atoms with E-state index in [9.17, 15) is 9.90 Å². The van der Waals surface area contributed by atoms with Crippen LogP contribution in [0, 0.1) is 12.8 Å². The Morgan fingerprint density at radius 3 is 2.44 bits per heavy atom. The Morgan fingerprint density at radius 2 is 1.80 bits per heavy atom. The summed E-state index contributed by atoms with van der Waals surface area (Å²) in [6, 6.07) is 14.1. The van der Waals surface area contributed by atoms with Gasteiger partial charge in [0, 0.05) is 6.04 Å². The molecule has 2 aromatic rings. The quantitative estimate of drug-likeness (QED) is 0.788. The Labute approximate surface area is 150 Å². The highest BCUT2D eigenvalue weighted by Gasteiger charge is 2.25. The smallest absolute Gasteiger partial charge is 0.336 e. The molecule has 1 aliphatic carbocycles. The van der Waals surface area contributed by atoms with Crippen LogP contribution in [0.2, 0.25) is 0 Å². The minimum Gasteiger partial charge on any atom is -0.478 e. The molecule has 0 spiro atoms. The molecule has 1 aliphatic rings. The van der Waals surface area contributed by atoms with Gasteiger partial charge in [-0.2, -0.15) is 0 Å². The second-order valence-electron chi connectivity index (χ2n) is 7.09. The molecule has 0 aromatic heterocycles. The van der Waals surface area contributed by atoms with Crippen molar-refractivity contribution in [3.63, 3.8) is 0 Å². The summed E-state index contributed by atoms with van der Waals surface area (Å²) in [5.74, 6) is -0.248. The molecule has 2 aromatic carbocycles. The van der Waals surface area contributed by atoms with Crippen molar-refractivity contribution in [3.8, 4) is 11.1 Å². The molecule has 0 amide bonds.